The molecule has 0 bridgehead atoms. The first kappa shape index (κ1) is 29.2. The van der Waals surface area contributed by atoms with E-state index in [1.807, 2.05) is 6.07 Å². The molecule has 1 aromatic carbocycles. The Bertz CT molecular complexity index is 1910. The van der Waals surface area contributed by atoms with Gasteiger partial charge in [-0.15, -0.1) is 11.3 Å². The number of amides is 1. The third-order valence-electron chi connectivity index (χ3n) is 8.95. The topological polar surface area (TPSA) is 130 Å². The Balaban J connectivity index is 1.32. The first-order valence-electron chi connectivity index (χ1n) is 14.6. The minimum atomic E-state index is -0.961. The van der Waals surface area contributed by atoms with E-state index in [4.69, 9.17) is 15.2 Å². The minimum Gasteiger partial charge on any atom is -0.472 e. The first-order chi connectivity index (χ1) is 21.7. The number of anilines is 1. The van der Waals surface area contributed by atoms with Crippen molar-refractivity contribution in [1.82, 2.24) is 24.8 Å². The van der Waals surface area contributed by atoms with Gasteiger partial charge in [0.1, 0.15) is 47.0 Å². The van der Waals surface area contributed by atoms with Crippen molar-refractivity contribution >= 4 is 43.2 Å². The summed E-state index contributed by atoms with van der Waals surface area (Å²) in [6, 6.07) is 4.35. The summed E-state index contributed by atoms with van der Waals surface area (Å²) >= 11 is 0.900. The highest BCUT2D eigenvalue weighted by atomic mass is 32.1. The molecule has 10 nitrogen and oxygen atoms in total. The van der Waals surface area contributed by atoms with Crippen LogP contribution in [-0.2, 0) is 4.79 Å². The monoisotopic (exact) mass is 635 g/mol. The SMILES string of the molecule is C=CC(=O)N1CCC(Oc2nc(OCC34CCCN3CC(F)C4)nc3c(F)c(-c4ccc(F)c5sc(N)c(C#N)c45)ncc23)C1. The number of likely N-dealkylation sites (tertiary alicyclic amines) is 1. The summed E-state index contributed by atoms with van der Waals surface area (Å²) in [4.78, 5) is 29.1. The molecule has 1 amide bonds. The molecule has 7 rings (SSSR count). The van der Waals surface area contributed by atoms with E-state index in [9.17, 15) is 18.8 Å². The standard InChI is InChI=1S/C31H28F3N7O3S/c1-2-22(42)40-9-6-17(14-40)44-29-20-12-37-25(18-4-5-21(33)27-23(18)19(11-35)28(36)45-27)24(34)26(20)38-30(39-29)43-15-31-7-3-8-41(31)13-16(32)10-31/h2,4-5,12,16-17H,1,3,6-10,13-15,36H2. The third-order valence-corrected chi connectivity index (χ3v) is 9.98. The number of benzene rings is 1. The highest BCUT2D eigenvalue weighted by Gasteiger charge is 2.49. The maximum absolute atomic E-state index is 16.5. The van der Waals surface area contributed by atoms with Gasteiger partial charge in [0.05, 0.1) is 27.7 Å². The average molecular weight is 636 g/mol. The molecule has 0 saturated carbocycles. The number of aromatic nitrogens is 3. The van der Waals surface area contributed by atoms with Crippen LogP contribution >= 0.6 is 11.3 Å². The van der Waals surface area contributed by atoms with Crippen LogP contribution in [-0.4, -0.2) is 81.3 Å². The lowest BCUT2D eigenvalue weighted by atomic mass is 9.95. The van der Waals surface area contributed by atoms with Crippen LogP contribution in [0.15, 0.2) is 31.0 Å². The Morgan fingerprint density at radius 2 is 2.13 bits per heavy atom. The molecule has 0 radical (unpaired) electrons. The Labute approximate surface area is 259 Å². The summed E-state index contributed by atoms with van der Waals surface area (Å²) in [6.07, 6.45) is 3.69. The van der Waals surface area contributed by atoms with E-state index in [1.54, 1.807) is 4.90 Å². The van der Waals surface area contributed by atoms with Crippen molar-refractivity contribution in [1.29, 1.82) is 5.26 Å². The van der Waals surface area contributed by atoms with E-state index in [0.717, 1.165) is 30.7 Å². The molecular formula is C31H28F3N7O3S. The molecular weight excluding hydrogens is 607 g/mol. The molecule has 6 heterocycles. The van der Waals surface area contributed by atoms with E-state index in [-0.39, 0.29) is 73.8 Å². The number of carbonyl (C=O) groups excluding carboxylic acids is 1. The van der Waals surface area contributed by atoms with Crippen molar-refractivity contribution in [3.8, 4) is 29.2 Å². The van der Waals surface area contributed by atoms with Gasteiger partial charge in [-0.3, -0.25) is 14.7 Å². The number of hydrogen-bond donors (Lipinski definition) is 1. The molecule has 3 aliphatic rings. The van der Waals surface area contributed by atoms with Gasteiger partial charge in [0.15, 0.2) is 5.82 Å². The van der Waals surface area contributed by atoms with Gasteiger partial charge >= 0.3 is 6.01 Å². The fraction of sp³-hybridized carbons (Fsp3) is 0.387. The molecule has 0 spiro atoms. The second-order valence-electron chi connectivity index (χ2n) is 11.6. The lowest BCUT2D eigenvalue weighted by Crippen LogP contribution is -2.43. The fourth-order valence-electron chi connectivity index (χ4n) is 6.81. The number of carbonyl (C=O) groups is 1. The Morgan fingerprint density at radius 3 is 2.93 bits per heavy atom. The van der Waals surface area contributed by atoms with Gasteiger partial charge in [-0.05, 0) is 37.6 Å². The summed E-state index contributed by atoms with van der Waals surface area (Å²) in [6.45, 7) is 5.49. The Kier molecular flexibility index (Phi) is 7.25. The largest absolute Gasteiger partial charge is 0.472 e. The molecule has 3 saturated heterocycles. The van der Waals surface area contributed by atoms with Crippen LogP contribution in [0.1, 0.15) is 31.2 Å². The number of fused-ring (bicyclic) bond motifs is 3. The van der Waals surface area contributed by atoms with Gasteiger partial charge in [-0.2, -0.15) is 15.2 Å². The minimum absolute atomic E-state index is 0.0168. The van der Waals surface area contributed by atoms with Crippen LogP contribution in [0.4, 0.5) is 18.2 Å². The number of nitrogens with zero attached hydrogens (tertiary/aromatic N) is 6. The van der Waals surface area contributed by atoms with Crippen LogP contribution < -0.4 is 15.2 Å². The fourth-order valence-corrected chi connectivity index (χ4v) is 7.76. The van der Waals surface area contributed by atoms with Crippen molar-refractivity contribution in [2.45, 2.75) is 43.5 Å². The van der Waals surface area contributed by atoms with Gasteiger partial charge in [-0.1, -0.05) is 6.58 Å². The van der Waals surface area contributed by atoms with Gasteiger partial charge in [0.25, 0.3) is 0 Å². The number of nitriles is 1. The molecule has 3 atom stereocenters. The Hall–Kier alpha value is -4.48. The maximum atomic E-state index is 16.5. The molecule has 0 aliphatic carbocycles. The summed E-state index contributed by atoms with van der Waals surface area (Å²) < 4.78 is 58.0. The molecule has 232 valence electrons. The van der Waals surface area contributed by atoms with E-state index >= 15 is 4.39 Å². The molecule has 45 heavy (non-hydrogen) atoms. The van der Waals surface area contributed by atoms with Crippen LogP contribution in [0.5, 0.6) is 11.9 Å². The number of halogens is 3. The Morgan fingerprint density at radius 1 is 1.29 bits per heavy atom. The smallest absolute Gasteiger partial charge is 0.320 e. The quantitative estimate of drug-likeness (QED) is 0.286. The summed E-state index contributed by atoms with van der Waals surface area (Å²) in [5.41, 5.74) is 5.38. The van der Waals surface area contributed by atoms with E-state index in [1.165, 1.54) is 24.4 Å². The molecule has 2 N–H and O–H groups in total. The van der Waals surface area contributed by atoms with Gasteiger partial charge in [-0.25, -0.2) is 13.2 Å². The predicted molar refractivity (Wildman–Crippen MR) is 162 cm³/mol. The van der Waals surface area contributed by atoms with Crippen molar-refractivity contribution in [2.24, 2.45) is 0 Å². The van der Waals surface area contributed by atoms with Crippen LogP contribution in [0.25, 0.3) is 32.2 Å². The van der Waals surface area contributed by atoms with Gasteiger partial charge in [0, 0.05) is 43.1 Å². The van der Waals surface area contributed by atoms with Crippen LogP contribution in [0.2, 0.25) is 0 Å². The molecule has 3 fully saturated rings. The van der Waals surface area contributed by atoms with E-state index < -0.39 is 29.4 Å². The predicted octanol–water partition coefficient (Wildman–Crippen LogP) is 4.76. The zero-order valence-electron chi connectivity index (χ0n) is 24.1. The molecule has 3 aliphatic heterocycles. The molecule has 14 heteroatoms. The number of ether oxygens (including phenoxy) is 2. The first-order valence-corrected chi connectivity index (χ1v) is 15.4. The number of hydrogen-bond acceptors (Lipinski definition) is 10. The second-order valence-corrected chi connectivity index (χ2v) is 12.7. The zero-order valence-corrected chi connectivity index (χ0v) is 24.9. The lowest BCUT2D eigenvalue weighted by molar-refractivity contribution is -0.125. The normalized spacial score (nSPS) is 23.0. The molecule has 3 aromatic heterocycles. The van der Waals surface area contributed by atoms with Crippen molar-refractivity contribution in [2.75, 3.05) is 38.5 Å². The number of pyridine rings is 1. The number of alkyl halides is 1. The van der Waals surface area contributed by atoms with Gasteiger partial charge in [0.2, 0.25) is 11.8 Å². The zero-order chi connectivity index (χ0) is 31.5. The van der Waals surface area contributed by atoms with Crippen LogP contribution in [0, 0.1) is 23.0 Å². The highest BCUT2D eigenvalue weighted by molar-refractivity contribution is 7.23. The summed E-state index contributed by atoms with van der Waals surface area (Å²) in [7, 11) is 0. The molecule has 3 unspecified atom stereocenters. The van der Waals surface area contributed by atoms with E-state index in [2.05, 4.69) is 26.4 Å². The van der Waals surface area contributed by atoms with Crippen molar-refractivity contribution < 1.29 is 27.4 Å². The third kappa shape index (κ3) is 4.90. The van der Waals surface area contributed by atoms with Crippen molar-refractivity contribution in [3.05, 3.63) is 48.2 Å². The number of nitrogen functional groups attached to an aromatic ring is 1. The second kappa shape index (κ2) is 11.1. The summed E-state index contributed by atoms with van der Waals surface area (Å²) in [5.74, 6) is -1.66. The average Bonchev–Trinajstić information content (AvgIpc) is 3.79. The lowest BCUT2D eigenvalue weighted by Gasteiger charge is -2.30. The van der Waals surface area contributed by atoms with Crippen LogP contribution in [0.3, 0.4) is 0 Å². The summed E-state index contributed by atoms with van der Waals surface area (Å²) in [5, 5.41) is 10.2. The molecule has 4 aromatic rings. The van der Waals surface area contributed by atoms with Crippen molar-refractivity contribution in [3.63, 3.8) is 0 Å². The number of thiophene rings is 1. The van der Waals surface area contributed by atoms with Gasteiger partial charge < -0.3 is 20.1 Å². The highest BCUT2D eigenvalue weighted by Crippen LogP contribution is 2.43. The maximum Gasteiger partial charge on any atom is 0.320 e. The number of nitrogens with two attached hydrogens (primary N) is 1. The number of rotatable bonds is 7. The van der Waals surface area contributed by atoms with E-state index in [0.29, 0.717) is 25.9 Å².